The number of carbonyl (C=O) groups excluding carboxylic acids is 1. The molecule has 1 rings (SSSR count). The zero-order valence-corrected chi connectivity index (χ0v) is 14.0. The summed E-state index contributed by atoms with van der Waals surface area (Å²) in [7, 11) is 3.11. The fourth-order valence-electron chi connectivity index (χ4n) is 2.11. The molecule has 0 bridgehead atoms. The van der Waals surface area contributed by atoms with Crippen molar-refractivity contribution in [3.63, 3.8) is 0 Å². The van der Waals surface area contributed by atoms with E-state index in [4.69, 9.17) is 9.47 Å². The van der Waals surface area contributed by atoms with Gasteiger partial charge in [0, 0.05) is 11.6 Å². The van der Waals surface area contributed by atoms with Crippen LogP contribution in [0.1, 0.15) is 25.0 Å². The second kappa shape index (κ2) is 8.64. The Bertz CT molecular complexity index is 655. The minimum Gasteiger partial charge on any atom is -0.493 e. The molecule has 0 aliphatic rings. The van der Waals surface area contributed by atoms with Crippen LogP contribution in [0.15, 0.2) is 30.4 Å². The van der Waals surface area contributed by atoms with Gasteiger partial charge in [-0.3, -0.25) is 4.79 Å². The number of nitrogens with zero attached hydrogens (tertiary/aromatic N) is 1. The maximum atomic E-state index is 12.0. The Morgan fingerprint density at radius 2 is 2.09 bits per heavy atom. The Kier molecular flexibility index (Phi) is 6.88. The number of rotatable bonds is 7. The maximum absolute atomic E-state index is 12.0. The third-order valence-electron chi connectivity index (χ3n) is 3.04. The molecule has 1 N–H and O–H groups in total. The normalized spacial score (nSPS) is 10.9. The number of hydrogen-bond acceptors (Lipinski definition) is 4. The molecule has 1 aromatic rings. The highest BCUT2D eigenvalue weighted by molar-refractivity contribution is 6.01. The number of nitriles is 1. The summed E-state index contributed by atoms with van der Waals surface area (Å²) in [4.78, 5) is 12.0. The van der Waals surface area contributed by atoms with Crippen LogP contribution in [0.25, 0.3) is 6.08 Å². The highest BCUT2D eigenvalue weighted by Gasteiger charge is 2.14. The summed E-state index contributed by atoms with van der Waals surface area (Å²) in [6.45, 7) is 7.40. The van der Waals surface area contributed by atoms with Crippen molar-refractivity contribution in [2.24, 2.45) is 0 Å². The summed E-state index contributed by atoms with van der Waals surface area (Å²) in [5, 5.41) is 11.9. The number of ether oxygens (including phenoxy) is 2. The molecule has 23 heavy (non-hydrogen) atoms. The van der Waals surface area contributed by atoms with Crippen LogP contribution < -0.4 is 14.8 Å². The second-order valence-corrected chi connectivity index (χ2v) is 5.21. The van der Waals surface area contributed by atoms with Crippen molar-refractivity contribution in [2.45, 2.75) is 26.3 Å². The molecular weight excluding hydrogens is 292 g/mol. The third-order valence-corrected chi connectivity index (χ3v) is 3.04. The molecule has 0 spiro atoms. The van der Waals surface area contributed by atoms with Gasteiger partial charge in [0.25, 0.3) is 5.91 Å². The van der Waals surface area contributed by atoms with Gasteiger partial charge in [-0.05, 0) is 44.0 Å². The van der Waals surface area contributed by atoms with Gasteiger partial charge in [0.2, 0.25) is 0 Å². The fourth-order valence-corrected chi connectivity index (χ4v) is 2.11. The lowest BCUT2D eigenvalue weighted by molar-refractivity contribution is -0.117. The van der Waals surface area contributed by atoms with Crippen molar-refractivity contribution in [3.8, 4) is 17.6 Å². The van der Waals surface area contributed by atoms with Crippen LogP contribution in [0, 0.1) is 11.3 Å². The molecule has 0 aliphatic carbocycles. The highest BCUT2D eigenvalue weighted by atomic mass is 16.5. The summed E-state index contributed by atoms with van der Waals surface area (Å²) in [6, 6.07) is 5.47. The first-order valence-electron chi connectivity index (χ1n) is 7.25. The number of hydrogen-bond donors (Lipinski definition) is 1. The van der Waals surface area contributed by atoms with E-state index in [1.54, 1.807) is 26.4 Å². The number of carbonyl (C=O) groups is 1. The molecule has 5 nitrogen and oxygen atoms in total. The molecule has 0 unspecified atom stereocenters. The molecule has 0 heterocycles. The average molecular weight is 314 g/mol. The van der Waals surface area contributed by atoms with Gasteiger partial charge < -0.3 is 14.8 Å². The Morgan fingerprint density at radius 1 is 1.39 bits per heavy atom. The van der Waals surface area contributed by atoms with E-state index in [1.165, 1.54) is 6.08 Å². The van der Waals surface area contributed by atoms with Gasteiger partial charge >= 0.3 is 0 Å². The summed E-state index contributed by atoms with van der Waals surface area (Å²) in [5.74, 6) is 0.761. The van der Waals surface area contributed by atoms with Gasteiger partial charge in [-0.15, -0.1) is 6.58 Å². The van der Waals surface area contributed by atoms with Gasteiger partial charge in [0.05, 0.1) is 14.2 Å². The van der Waals surface area contributed by atoms with E-state index in [9.17, 15) is 10.1 Å². The van der Waals surface area contributed by atoms with E-state index in [-0.39, 0.29) is 11.6 Å². The smallest absolute Gasteiger partial charge is 0.262 e. The number of allylic oxidation sites excluding steroid dienone is 1. The molecule has 0 radical (unpaired) electrons. The average Bonchev–Trinajstić information content (AvgIpc) is 2.51. The molecule has 1 aromatic carbocycles. The molecule has 0 atom stereocenters. The fraction of sp³-hybridized carbons (Fsp3) is 0.333. The SMILES string of the molecule is C=CCc1cc(/C=C(/C#N)C(=O)NC(C)C)cc(OC)c1OC. The van der Waals surface area contributed by atoms with Crippen molar-refractivity contribution in [1.29, 1.82) is 5.26 Å². The predicted octanol–water partition coefficient (Wildman–Crippen LogP) is 2.86. The first kappa shape index (κ1) is 18.3. The largest absolute Gasteiger partial charge is 0.493 e. The number of methoxy groups -OCH3 is 2. The monoisotopic (exact) mass is 314 g/mol. The van der Waals surface area contributed by atoms with Crippen LogP contribution in [0.4, 0.5) is 0 Å². The lowest BCUT2D eigenvalue weighted by Crippen LogP contribution is -2.30. The highest BCUT2D eigenvalue weighted by Crippen LogP contribution is 2.33. The van der Waals surface area contributed by atoms with Crippen molar-refractivity contribution < 1.29 is 14.3 Å². The van der Waals surface area contributed by atoms with E-state index >= 15 is 0 Å². The predicted molar refractivity (Wildman–Crippen MR) is 90.3 cm³/mol. The van der Waals surface area contributed by atoms with Crippen LogP contribution >= 0.6 is 0 Å². The molecular formula is C18H22N2O3. The van der Waals surface area contributed by atoms with Crippen molar-refractivity contribution in [3.05, 3.63) is 41.5 Å². The minimum atomic E-state index is -0.400. The first-order chi connectivity index (χ1) is 11.0. The van der Waals surface area contributed by atoms with Gasteiger partial charge in [-0.25, -0.2) is 0 Å². The lowest BCUT2D eigenvalue weighted by Gasteiger charge is -2.13. The molecule has 0 aromatic heterocycles. The van der Waals surface area contributed by atoms with Gasteiger partial charge in [-0.1, -0.05) is 6.08 Å². The third kappa shape index (κ3) is 4.89. The van der Waals surface area contributed by atoms with E-state index in [0.29, 0.717) is 23.5 Å². The number of amides is 1. The number of nitrogens with one attached hydrogen (secondary N) is 1. The van der Waals surface area contributed by atoms with Gasteiger partial charge in [0.1, 0.15) is 11.6 Å². The van der Waals surface area contributed by atoms with Gasteiger partial charge in [-0.2, -0.15) is 5.26 Å². The molecule has 1 amide bonds. The van der Waals surface area contributed by atoms with E-state index in [2.05, 4.69) is 11.9 Å². The van der Waals surface area contributed by atoms with Crippen LogP contribution in [0.5, 0.6) is 11.5 Å². The molecule has 0 fully saturated rings. The van der Waals surface area contributed by atoms with Crippen molar-refractivity contribution in [2.75, 3.05) is 14.2 Å². The topological polar surface area (TPSA) is 71.4 Å². The Hall–Kier alpha value is -2.74. The first-order valence-corrected chi connectivity index (χ1v) is 7.25. The van der Waals surface area contributed by atoms with Crippen LogP contribution in [-0.4, -0.2) is 26.2 Å². The number of benzene rings is 1. The zero-order chi connectivity index (χ0) is 17.4. The molecule has 0 saturated carbocycles. The quantitative estimate of drug-likeness (QED) is 0.477. The van der Waals surface area contributed by atoms with E-state index in [0.717, 1.165) is 5.56 Å². The summed E-state index contributed by atoms with van der Waals surface area (Å²) >= 11 is 0. The zero-order valence-electron chi connectivity index (χ0n) is 14.0. The van der Waals surface area contributed by atoms with Gasteiger partial charge in [0.15, 0.2) is 11.5 Å². The summed E-state index contributed by atoms with van der Waals surface area (Å²) in [5.41, 5.74) is 1.60. The van der Waals surface area contributed by atoms with Crippen molar-refractivity contribution >= 4 is 12.0 Å². The molecule has 5 heteroatoms. The summed E-state index contributed by atoms with van der Waals surface area (Å²) < 4.78 is 10.7. The van der Waals surface area contributed by atoms with Crippen LogP contribution in [-0.2, 0) is 11.2 Å². The summed E-state index contributed by atoms with van der Waals surface area (Å²) in [6.07, 6.45) is 3.87. The Balaban J connectivity index is 3.33. The second-order valence-electron chi connectivity index (χ2n) is 5.21. The molecule has 0 aliphatic heterocycles. The minimum absolute atomic E-state index is 0.0375. The maximum Gasteiger partial charge on any atom is 0.262 e. The van der Waals surface area contributed by atoms with E-state index in [1.807, 2.05) is 26.0 Å². The standard InChI is InChI=1S/C18H22N2O3/c1-6-7-14-8-13(10-16(22-4)17(14)23-5)9-15(11-19)18(21)20-12(2)3/h6,8-10,12H,1,7H2,2-5H3,(H,20,21)/b15-9-. The Morgan fingerprint density at radius 3 is 2.57 bits per heavy atom. The van der Waals surface area contributed by atoms with E-state index < -0.39 is 5.91 Å². The molecule has 122 valence electrons. The van der Waals surface area contributed by atoms with Crippen LogP contribution in [0.3, 0.4) is 0 Å². The molecule has 0 saturated heterocycles. The van der Waals surface area contributed by atoms with Crippen LogP contribution in [0.2, 0.25) is 0 Å². The van der Waals surface area contributed by atoms with Crippen molar-refractivity contribution in [1.82, 2.24) is 5.32 Å². The lowest BCUT2D eigenvalue weighted by atomic mass is 10.0. The Labute approximate surface area is 137 Å².